The zero-order chi connectivity index (χ0) is 17.3. The van der Waals surface area contributed by atoms with Crippen LogP contribution < -0.4 is 16.7 Å². The van der Waals surface area contributed by atoms with Crippen molar-refractivity contribution < 1.29 is 4.74 Å². The number of hydrogen-bond donors (Lipinski definition) is 1. The van der Waals surface area contributed by atoms with Crippen LogP contribution in [-0.4, -0.2) is 17.6 Å². The summed E-state index contributed by atoms with van der Waals surface area (Å²) in [7, 11) is 0. The Balaban J connectivity index is 1.99. The maximum absolute atomic E-state index is 11.9. The first-order valence-corrected chi connectivity index (χ1v) is 7.93. The Bertz CT molecular complexity index is 891. The summed E-state index contributed by atoms with van der Waals surface area (Å²) in [6.07, 6.45) is 4.62. The second-order valence-electron chi connectivity index (χ2n) is 5.51. The van der Waals surface area contributed by atoms with E-state index in [9.17, 15) is 9.59 Å². The highest BCUT2D eigenvalue weighted by molar-refractivity contribution is 5.82. The second-order valence-corrected chi connectivity index (χ2v) is 5.51. The average Bonchev–Trinajstić information content (AvgIpc) is 2.61. The Kier molecular flexibility index (Phi) is 4.31. The van der Waals surface area contributed by atoms with Gasteiger partial charge in [-0.15, -0.1) is 0 Å². The van der Waals surface area contributed by atoms with Gasteiger partial charge in [-0.2, -0.15) is 4.99 Å². The van der Waals surface area contributed by atoms with Crippen molar-refractivity contribution in [3.8, 4) is 0 Å². The fourth-order valence-corrected chi connectivity index (χ4v) is 2.83. The van der Waals surface area contributed by atoms with Crippen LogP contribution in [0.5, 0.6) is 0 Å². The zero-order valence-corrected chi connectivity index (χ0v) is 13.7. The molecule has 0 spiro atoms. The lowest BCUT2D eigenvalue weighted by atomic mass is 9.96. The van der Waals surface area contributed by atoms with Crippen molar-refractivity contribution in [2.45, 2.75) is 26.3 Å². The van der Waals surface area contributed by atoms with Gasteiger partial charge < -0.3 is 4.74 Å². The van der Waals surface area contributed by atoms with E-state index in [1.165, 1.54) is 10.6 Å². The minimum atomic E-state index is -0.581. The normalized spacial score (nSPS) is 17.2. The average molecular weight is 325 g/mol. The summed E-state index contributed by atoms with van der Waals surface area (Å²) in [4.78, 5) is 27.7. The molecule has 1 unspecified atom stereocenters. The number of nitrogens with two attached hydrogens (primary N) is 1. The molecule has 1 aliphatic heterocycles. The molecule has 1 heterocycles. The Morgan fingerprint density at radius 1 is 1.25 bits per heavy atom. The van der Waals surface area contributed by atoms with Crippen LogP contribution >= 0.6 is 0 Å². The predicted molar refractivity (Wildman–Crippen MR) is 93.7 cm³/mol. The summed E-state index contributed by atoms with van der Waals surface area (Å²) in [6, 6.07) is 7.58. The van der Waals surface area contributed by atoms with Crippen LogP contribution in [0.25, 0.3) is 6.08 Å². The number of fused-ring (bicyclic) bond motifs is 1. The van der Waals surface area contributed by atoms with Crippen LogP contribution in [0.1, 0.15) is 36.6 Å². The van der Waals surface area contributed by atoms with E-state index in [2.05, 4.69) is 18.0 Å². The minimum absolute atomic E-state index is 0.149. The molecule has 0 radical (unpaired) electrons. The third kappa shape index (κ3) is 2.55. The highest BCUT2D eigenvalue weighted by Gasteiger charge is 2.36. The molecule has 0 fully saturated rings. The van der Waals surface area contributed by atoms with Gasteiger partial charge in [-0.1, -0.05) is 43.3 Å². The second kappa shape index (κ2) is 6.41. The van der Waals surface area contributed by atoms with Gasteiger partial charge in [0, 0.05) is 0 Å². The smallest absolute Gasteiger partial charge is 0.308 e. The zero-order valence-electron chi connectivity index (χ0n) is 13.7. The van der Waals surface area contributed by atoms with Crippen LogP contribution in [0.3, 0.4) is 0 Å². The lowest BCUT2D eigenvalue weighted by Gasteiger charge is -2.32. The topological polar surface area (TPSA) is 85.0 Å². The number of aryl methyl sites for hydroxylation is 1. The number of benzene rings is 1. The third-order valence-corrected chi connectivity index (χ3v) is 4.11. The summed E-state index contributed by atoms with van der Waals surface area (Å²) in [5.74, 6) is 6.07. The van der Waals surface area contributed by atoms with Gasteiger partial charge in [0.05, 0.1) is 18.2 Å². The summed E-state index contributed by atoms with van der Waals surface area (Å²) in [5.41, 5.74) is 1.62. The van der Waals surface area contributed by atoms with E-state index in [0.717, 1.165) is 12.0 Å². The van der Waals surface area contributed by atoms with Crippen LogP contribution in [0.15, 0.2) is 44.9 Å². The molecule has 6 nitrogen and oxygen atoms in total. The maximum Gasteiger partial charge on any atom is 0.308 e. The highest BCUT2D eigenvalue weighted by atomic mass is 16.5. The van der Waals surface area contributed by atoms with Gasteiger partial charge in [-0.05, 0) is 24.5 Å². The molecule has 1 atom stereocenters. The Hall–Kier alpha value is -2.73. The van der Waals surface area contributed by atoms with Crippen LogP contribution in [0.2, 0.25) is 0 Å². The number of ether oxygens (including phenoxy) is 1. The Morgan fingerprint density at radius 2 is 2.00 bits per heavy atom. The number of amidine groups is 1. The van der Waals surface area contributed by atoms with E-state index in [1.54, 1.807) is 6.92 Å². The van der Waals surface area contributed by atoms with Crippen molar-refractivity contribution in [1.29, 1.82) is 0 Å². The number of nitrogens with zero attached hydrogens (tertiary/aromatic N) is 2. The largest absolute Gasteiger partial charge is 0.464 e. The van der Waals surface area contributed by atoms with E-state index in [0.29, 0.717) is 12.2 Å². The Morgan fingerprint density at radius 3 is 2.71 bits per heavy atom. The summed E-state index contributed by atoms with van der Waals surface area (Å²) < 4.78 is 5.38. The molecule has 24 heavy (non-hydrogen) atoms. The van der Waals surface area contributed by atoms with Gasteiger partial charge in [0.2, 0.25) is 5.43 Å². The molecule has 1 aliphatic rings. The molecule has 0 aromatic heterocycles. The molecular formula is C18H19N3O3. The molecule has 0 bridgehead atoms. The molecule has 2 aromatic carbocycles. The fourth-order valence-electron chi connectivity index (χ4n) is 2.83. The third-order valence-electron chi connectivity index (χ3n) is 4.11. The SMILES string of the molecule is CCOC1=Nc2c(c(=O)c2=O)C(C=Cc2ccccc2CC)N1N. The first kappa shape index (κ1) is 16.1. The molecule has 3 rings (SSSR count). The van der Waals surface area contributed by atoms with Crippen molar-refractivity contribution in [2.24, 2.45) is 10.8 Å². The Labute approximate surface area is 139 Å². The summed E-state index contributed by atoms with van der Waals surface area (Å²) in [6.45, 7) is 4.25. The van der Waals surface area contributed by atoms with E-state index in [1.807, 2.05) is 30.4 Å². The first-order chi connectivity index (χ1) is 11.6. The minimum Gasteiger partial charge on any atom is -0.464 e. The molecule has 6 heteroatoms. The van der Waals surface area contributed by atoms with Crippen LogP contribution in [0.4, 0.5) is 5.69 Å². The summed E-state index contributed by atoms with van der Waals surface area (Å²) in [5, 5.41) is 1.29. The van der Waals surface area contributed by atoms with Gasteiger partial charge in [0.15, 0.2) is 0 Å². The summed E-state index contributed by atoms with van der Waals surface area (Å²) >= 11 is 0. The molecular weight excluding hydrogens is 306 g/mol. The molecule has 0 amide bonds. The van der Waals surface area contributed by atoms with Gasteiger partial charge >= 0.3 is 6.02 Å². The van der Waals surface area contributed by atoms with Crippen molar-refractivity contribution in [2.75, 3.05) is 6.61 Å². The monoisotopic (exact) mass is 325 g/mol. The van der Waals surface area contributed by atoms with Crippen molar-refractivity contribution in [1.82, 2.24) is 5.01 Å². The van der Waals surface area contributed by atoms with Crippen LogP contribution in [0, 0.1) is 0 Å². The molecule has 2 N–H and O–H groups in total. The van der Waals surface area contributed by atoms with Gasteiger partial charge in [0.1, 0.15) is 5.69 Å². The van der Waals surface area contributed by atoms with Gasteiger partial charge in [-0.3, -0.25) is 14.6 Å². The van der Waals surface area contributed by atoms with E-state index in [-0.39, 0.29) is 11.7 Å². The molecule has 2 aromatic rings. The number of hydrogen-bond acceptors (Lipinski definition) is 6. The van der Waals surface area contributed by atoms with Crippen LogP contribution in [-0.2, 0) is 11.2 Å². The lowest BCUT2D eigenvalue weighted by molar-refractivity contribution is 0.221. The van der Waals surface area contributed by atoms with E-state index < -0.39 is 16.9 Å². The molecule has 0 aliphatic carbocycles. The number of aliphatic imine (C=N–C) groups is 1. The van der Waals surface area contributed by atoms with Crippen molar-refractivity contribution in [3.05, 3.63) is 67.5 Å². The van der Waals surface area contributed by atoms with Gasteiger partial charge in [-0.25, -0.2) is 5.84 Å². The molecule has 0 saturated heterocycles. The van der Waals surface area contributed by atoms with Crippen molar-refractivity contribution in [3.63, 3.8) is 0 Å². The quantitative estimate of drug-likeness (QED) is 0.684. The van der Waals surface area contributed by atoms with Gasteiger partial charge in [0.25, 0.3) is 5.43 Å². The first-order valence-electron chi connectivity index (χ1n) is 7.93. The standard InChI is InChI=1S/C18H19N3O3/c1-3-11-7-5-6-8-12(11)9-10-13-14-15(17(23)16(14)22)20-18(21(13)19)24-4-2/h5-10,13H,3-4,19H2,1-2H3. The van der Waals surface area contributed by atoms with E-state index in [4.69, 9.17) is 10.6 Å². The molecule has 0 saturated carbocycles. The maximum atomic E-state index is 11.9. The molecule has 124 valence electrons. The number of hydrazine groups is 1. The predicted octanol–water partition coefficient (Wildman–Crippen LogP) is 1.81. The van der Waals surface area contributed by atoms with Crippen molar-refractivity contribution >= 4 is 17.8 Å². The fraction of sp³-hybridized carbons (Fsp3) is 0.278. The lowest BCUT2D eigenvalue weighted by Crippen LogP contribution is -2.50. The number of rotatable bonds is 4. The highest BCUT2D eigenvalue weighted by Crippen LogP contribution is 2.31. The van der Waals surface area contributed by atoms with E-state index >= 15 is 0 Å².